The SMILES string of the molecule is C[C@@H]1O[C@@H](O[C@H]2CC[C@@]3(C)[C@H](CC[C@@H]4[C@@H]3C[C@@H](OC(=O)CCl)[C@]3(C)[C@@H](C5=CC(=O)OC5)CC[C@]43O)C2)C=CC1=O. The molecule has 0 amide bonds. The monoisotopic (exact) mass is 576 g/mol. The highest BCUT2D eigenvalue weighted by atomic mass is 35.5. The first-order valence-electron chi connectivity index (χ1n) is 14.9. The summed E-state index contributed by atoms with van der Waals surface area (Å²) in [5.41, 5.74) is -0.921. The Bertz CT molecular complexity index is 1130. The fraction of sp³-hybridized carbons (Fsp3) is 0.774. The molecule has 4 fully saturated rings. The molecule has 8 nitrogen and oxygen atoms in total. The van der Waals surface area contributed by atoms with Gasteiger partial charge < -0.3 is 24.1 Å². The van der Waals surface area contributed by atoms with Gasteiger partial charge in [0.2, 0.25) is 0 Å². The summed E-state index contributed by atoms with van der Waals surface area (Å²) in [5.74, 6) is -0.566. The molecular formula is C31H41ClO8. The molecule has 0 saturated heterocycles. The predicted molar refractivity (Wildman–Crippen MR) is 145 cm³/mol. The second-order valence-corrected chi connectivity index (χ2v) is 13.7. The standard InChI is InChI=1S/C31H41ClO8/c1-17-24(33)6-7-28(38-17)39-20-8-10-29(2)19(13-20)4-5-22-23(29)14-25(40-27(35)15-32)30(3)21(9-11-31(22,30)36)18-12-26(34)37-16-18/h6-7,12,17,19-23,25,28,36H,4-5,8-11,13-16H2,1-3H3/t17-,19+,20-,21+,22+,23-,25+,28-,29-,30-,31-/m0/s1. The summed E-state index contributed by atoms with van der Waals surface area (Å²) >= 11 is 5.90. The Morgan fingerprint density at radius 1 is 1.12 bits per heavy atom. The van der Waals surface area contributed by atoms with Crippen molar-refractivity contribution in [2.75, 3.05) is 12.5 Å². The van der Waals surface area contributed by atoms with E-state index in [1.165, 1.54) is 0 Å². The van der Waals surface area contributed by atoms with Crippen molar-refractivity contribution in [3.63, 3.8) is 0 Å². The van der Waals surface area contributed by atoms with Gasteiger partial charge >= 0.3 is 11.9 Å². The van der Waals surface area contributed by atoms with E-state index < -0.39 is 35.5 Å². The van der Waals surface area contributed by atoms with E-state index in [-0.39, 0.29) is 53.5 Å². The number of halogens is 1. The lowest BCUT2D eigenvalue weighted by molar-refractivity contribution is -0.254. The Kier molecular flexibility index (Phi) is 7.25. The maximum Gasteiger partial charge on any atom is 0.331 e. The molecule has 0 radical (unpaired) electrons. The maximum atomic E-state index is 12.7. The Morgan fingerprint density at radius 3 is 2.62 bits per heavy atom. The molecule has 4 aliphatic carbocycles. The molecule has 2 heterocycles. The lowest BCUT2D eigenvalue weighted by atomic mass is 9.42. The van der Waals surface area contributed by atoms with Crippen molar-refractivity contribution >= 4 is 29.3 Å². The molecule has 40 heavy (non-hydrogen) atoms. The molecule has 220 valence electrons. The molecule has 0 spiro atoms. The van der Waals surface area contributed by atoms with Crippen LogP contribution in [0.3, 0.4) is 0 Å². The molecule has 0 aromatic carbocycles. The largest absolute Gasteiger partial charge is 0.461 e. The zero-order valence-corrected chi connectivity index (χ0v) is 24.4. The Hall–Kier alpha value is -1.74. The first-order valence-corrected chi connectivity index (χ1v) is 15.4. The number of ether oxygens (including phenoxy) is 4. The Morgan fingerprint density at radius 2 is 1.93 bits per heavy atom. The minimum Gasteiger partial charge on any atom is -0.461 e. The molecule has 2 aliphatic heterocycles. The van der Waals surface area contributed by atoms with Crippen molar-refractivity contribution in [1.29, 1.82) is 0 Å². The summed E-state index contributed by atoms with van der Waals surface area (Å²) in [6, 6.07) is 0. The third kappa shape index (κ3) is 4.31. The molecule has 11 atom stereocenters. The van der Waals surface area contributed by atoms with Crippen molar-refractivity contribution in [2.45, 2.75) is 102 Å². The smallest absolute Gasteiger partial charge is 0.331 e. The number of cyclic esters (lactones) is 1. The minimum atomic E-state index is -1.03. The molecular weight excluding hydrogens is 536 g/mol. The van der Waals surface area contributed by atoms with Gasteiger partial charge in [-0.1, -0.05) is 13.8 Å². The highest BCUT2D eigenvalue weighted by molar-refractivity contribution is 6.26. The number of alkyl halides is 1. The fourth-order valence-corrected chi connectivity index (χ4v) is 9.76. The van der Waals surface area contributed by atoms with Crippen molar-refractivity contribution in [1.82, 2.24) is 0 Å². The molecule has 0 aromatic heterocycles. The summed E-state index contributed by atoms with van der Waals surface area (Å²) in [4.78, 5) is 36.4. The molecule has 0 aromatic rings. The van der Waals surface area contributed by atoms with Gasteiger partial charge in [0, 0.05) is 11.5 Å². The van der Waals surface area contributed by atoms with Crippen LogP contribution in [0.2, 0.25) is 0 Å². The number of rotatable bonds is 5. The normalized spacial score (nSPS) is 48.1. The molecule has 0 bridgehead atoms. The van der Waals surface area contributed by atoms with Gasteiger partial charge in [0.1, 0.15) is 24.7 Å². The fourth-order valence-electron chi connectivity index (χ4n) is 9.70. The van der Waals surface area contributed by atoms with E-state index in [0.29, 0.717) is 18.8 Å². The second kappa shape index (κ2) is 10.2. The van der Waals surface area contributed by atoms with E-state index in [1.807, 2.05) is 0 Å². The third-order valence-corrected chi connectivity index (χ3v) is 12.1. The zero-order chi connectivity index (χ0) is 28.4. The van der Waals surface area contributed by atoms with Crippen LogP contribution in [-0.4, -0.2) is 65.5 Å². The van der Waals surface area contributed by atoms with E-state index in [0.717, 1.165) is 44.1 Å². The van der Waals surface area contributed by atoms with Gasteiger partial charge in [-0.3, -0.25) is 9.59 Å². The summed E-state index contributed by atoms with van der Waals surface area (Å²) in [7, 11) is 0. The first kappa shape index (κ1) is 28.4. The van der Waals surface area contributed by atoms with Crippen LogP contribution in [0.4, 0.5) is 0 Å². The van der Waals surface area contributed by atoms with Gasteiger partial charge in [-0.25, -0.2) is 4.79 Å². The topological polar surface area (TPSA) is 108 Å². The van der Waals surface area contributed by atoms with E-state index in [9.17, 15) is 19.5 Å². The number of ketones is 1. The minimum absolute atomic E-state index is 0.0363. The lowest BCUT2D eigenvalue weighted by Crippen LogP contribution is -2.67. The maximum absolute atomic E-state index is 12.7. The average molecular weight is 577 g/mol. The molecule has 6 rings (SSSR count). The van der Waals surface area contributed by atoms with Gasteiger partial charge in [0.25, 0.3) is 0 Å². The number of hydrogen-bond acceptors (Lipinski definition) is 8. The molecule has 4 saturated carbocycles. The van der Waals surface area contributed by atoms with Crippen LogP contribution < -0.4 is 0 Å². The quantitative estimate of drug-likeness (QED) is 0.382. The van der Waals surface area contributed by atoms with Crippen LogP contribution in [-0.2, 0) is 33.3 Å². The van der Waals surface area contributed by atoms with E-state index in [4.69, 9.17) is 30.5 Å². The lowest BCUT2D eigenvalue weighted by Gasteiger charge is -2.65. The Labute approximate surface area is 240 Å². The Balaban J connectivity index is 1.26. The highest BCUT2D eigenvalue weighted by Crippen LogP contribution is 2.70. The van der Waals surface area contributed by atoms with E-state index in [2.05, 4.69) is 13.8 Å². The van der Waals surface area contributed by atoms with Crippen molar-refractivity contribution in [3.8, 4) is 0 Å². The van der Waals surface area contributed by atoms with E-state index in [1.54, 1.807) is 25.2 Å². The van der Waals surface area contributed by atoms with Gasteiger partial charge in [-0.15, -0.1) is 11.6 Å². The molecule has 6 aliphatic rings. The van der Waals surface area contributed by atoms with Crippen LogP contribution in [0.15, 0.2) is 23.8 Å². The number of aliphatic hydroxyl groups is 1. The summed E-state index contributed by atoms with van der Waals surface area (Å²) in [6.07, 6.45) is 9.91. The van der Waals surface area contributed by atoms with Gasteiger partial charge in [-0.2, -0.15) is 0 Å². The van der Waals surface area contributed by atoms with Crippen molar-refractivity contribution in [3.05, 3.63) is 23.8 Å². The highest BCUT2D eigenvalue weighted by Gasteiger charge is 2.72. The molecule has 9 heteroatoms. The number of carbonyl (C=O) groups is 3. The average Bonchev–Trinajstić information content (AvgIpc) is 3.47. The van der Waals surface area contributed by atoms with E-state index >= 15 is 0 Å². The summed E-state index contributed by atoms with van der Waals surface area (Å²) in [5, 5.41) is 12.7. The van der Waals surface area contributed by atoms with Crippen LogP contribution in [0.5, 0.6) is 0 Å². The molecule has 0 unspecified atom stereocenters. The third-order valence-electron chi connectivity index (χ3n) is 11.9. The van der Waals surface area contributed by atoms with Gasteiger partial charge in [-0.05, 0) is 105 Å². The van der Waals surface area contributed by atoms with Crippen molar-refractivity contribution in [2.24, 2.45) is 34.5 Å². The summed E-state index contributed by atoms with van der Waals surface area (Å²) in [6.45, 7) is 6.39. The predicted octanol–water partition coefficient (Wildman–Crippen LogP) is 4.26. The van der Waals surface area contributed by atoms with Gasteiger partial charge in [0.15, 0.2) is 12.1 Å². The van der Waals surface area contributed by atoms with Crippen molar-refractivity contribution < 1.29 is 38.4 Å². The number of carbonyl (C=O) groups excluding carboxylic acids is 3. The number of fused-ring (bicyclic) bond motifs is 5. The summed E-state index contributed by atoms with van der Waals surface area (Å²) < 4.78 is 23.4. The van der Waals surface area contributed by atoms with Gasteiger partial charge in [0.05, 0.1) is 11.7 Å². The molecule has 1 N–H and O–H groups in total. The van der Waals surface area contributed by atoms with Crippen LogP contribution in [0, 0.1) is 34.5 Å². The second-order valence-electron chi connectivity index (χ2n) is 13.4. The zero-order valence-electron chi connectivity index (χ0n) is 23.6. The first-order chi connectivity index (χ1) is 19.0. The van der Waals surface area contributed by atoms with Crippen LogP contribution in [0.1, 0.15) is 72.1 Å². The number of hydrogen-bond donors (Lipinski definition) is 1. The number of esters is 2. The van der Waals surface area contributed by atoms with Crippen LogP contribution >= 0.6 is 11.6 Å². The van der Waals surface area contributed by atoms with Crippen LogP contribution in [0.25, 0.3) is 0 Å².